The second-order valence-corrected chi connectivity index (χ2v) is 3.78. The molecule has 0 aromatic rings. The van der Waals surface area contributed by atoms with Crippen LogP contribution in [0.5, 0.6) is 0 Å². The Hall–Kier alpha value is -1.55. The molecule has 0 saturated carbocycles. The van der Waals surface area contributed by atoms with Gasteiger partial charge in [-0.3, -0.25) is 0 Å². The van der Waals surface area contributed by atoms with Crippen LogP contribution in [0, 0.1) is 28.1 Å². The van der Waals surface area contributed by atoms with Crippen molar-refractivity contribution in [3.8, 4) is 12.1 Å². The van der Waals surface area contributed by atoms with Crippen molar-refractivity contribution < 1.29 is 4.84 Å². The third-order valence-corrected chi connectivity index (χ3v) is 1.73. The van der Waals surface area contributed by atoms with Gasteiger partial charge in [-0.2, -0.15) is 10.5 Å². The first-order chi connectivity index (χ1) is 5.91. The molecule has 0 heterocycles. The van der Waals surface area contributed by atoms with Crippen LogP contribution in [0.25, 0.3) is 0 Å². The molecule has 0 bridgehead atoms. The number of hydrogen-bond donors (Lipinski definition) is 0. The number of nitrogens with zero attached hydrogens (tertiary/aromatic N) is 3. The Balaban J connectivity index is 4.28. The van der Waals surface area contributed by atoms with E-state index in [2.05, 4.69) is 5.16 Å². The minimum absolute atomic E-state index is 0.0560. The normalized spacial score (nSPS) is 12.2. The number of rotatable bonds is 2. The molecule has 0 aliphatic heterocycles. The highest BCUT2D eigenvalue weighted by atomic mass is 16.6. The summed E-state index contributed by atoms with van der Waals surface area (Å²) in [5.74, 6) is 0. The van der Waals surface area contributed by atoms with Crippen LogP contribution in [0.2, 0.25) is 0 Å². The smallest absolute Gasteiger partial charge is 0.256 e. The van der Waals surface area contributed by atoms with Crippen molar-refractivity contribution in [1.29, 1.82) is 10.5 Å². The fourth-order valence-electron chi connectivity index (χ4n) is 0.356. The van der Waals surface area contributed by atoms with Gasteiger partial charge in [0, 0.05) is 5.41 Å². The van der Waals surface area contributed by atoms with Gasteiger partial charge in [0.25, 0.3) is 5.71 Å². The molecule has 0 aliphatic carbocycles. The van der Waals surface area contributed by atoms with Gasteiger partial charge >= 0.3 is 0 Å². The third-order valence-electron chi connectivity index (χ3n) is 1.73. The van der Waals surface area contributed by atoms with Crippen LogP contribution in [-0.2, 0) is 4.84 Å². The van der Waals surface area contributed by atoms with Crippen LogP contribution in [0.15, 0.2) is 5.16 Å². The molecule has 0 aromatic heterocycles. The monoisotopic (exact) mass is 179 g/mol. The first-order valence-corrected chi connectivity index (χ1v) is 3.96. The predicted molar refractivity (Wildman–Crippen MR) is 48.7 cm³/mol. The second-order valence-electron chi connectivity index (χ2n) is 3.78. The molecule has 4 heteroatoms. The summed E-state index contributed by atoms with van der Waals surface area (Å²) >= 11 is 0. The molecule has 0 rings (SSSR count). The van der Waals surface area contributed by atoms with E-state index in [1.807, 2.05) is 27.7 Å². The summed E-state index contributed by atoms with van der Waals surface area (Å²) < 4.78 is 0. The zero-order valence-electron chi connectivity index (χ0n) is 8.33. The van der Waals surface area contributed by atoms with E-state index in [0.29, 0.717) is 0 Å². The fourth-order valence-corrected chi connectivity index (χ4v) is 0.356. The molecular formula is C9H13N3O. The zero-order chi connectivity index (χ0) is 10.5. The molecule has 0 aromatic carbocycles. The topological polar surface area (TPSA) is 69.2 Å². The van der Waals surface area contributed by atoms with E-state index in [1.165, 1.54) is 0 Å². The Kier molecular flexibility index (Phi) is 3.94. The Morgan fingerprint density at radius 3 is 2.08 bits per heavy atom. The zero-order valence-corrected chi connectivity index (χ0v) is 8.33. The van der Waals surface area contributed by atoms with Crippen LogP contribution in [0.3, 0.4) is 0 Å². The van der Waals surface area contributed by atoms with Crippen molar-refractivity contribution in [2.24, 2.45) is 10.6 Å². The minimum Gasteiger partial charge on any atom is -0.391 e. The lowest BCUT2D eigenvalue weighted by Crippen LogP contribution is -2.24. The SMILES string of the molecule is CC(ON=C(C#N)C#N)C(C)(C)C. The standard InChI is InChI=1S/C9H13N3O/c1-7(9(2,3)4)13-12-8(5-10)6-11/h7H,1-4H3. The van der Waals surface area contributed by atoms with Crippen LogP contribution < -0.4 is 0 Å². The number of hydrogen-bond acceptors (Lipinski definition) is 4. The molecule has 13 heavy (non-hydrogen) atoms. The highest BCUT2D eigenvalue weighted by Crippen LogP contribution is 2.21. The minimum atomic E-state index is -0.254. The van der Waals surface area contributed by atoms with Gasteiger partial charge < -0.3 is 4.84 Å². The van der Waals surface area contributed by atoms with Crippen molar-refractivity contribution >= 4 is 5.71 Å². The molecular weight excluding hydrogens is 166 g/mol. The molecule has 0 radical (unpaired) electrons. The second kappa shape index (κ2) is 4.47. The Bertz CT molecular complexity index is 259. The Morgan fingerprint density at radius 2 is 1.77 bits per heavy atom. The third kappa shape index (κ3) is 4.12. The largest absolute Gasteiger partial charge is 0.391 e. The van der Waals surface area contributed by atoms with E-state index in [0.717, 1.165) is 0 Å². The summed E-state index contributed by atoms with van der Waals surface area (Å²) in [6.07, 6.45) is -0.135. The van der Waals surface area contributed by atoms with Crippen molar-refractivity contribution in [2.75, 3.05) is 0 Å². The van der Waals surface area contributed by atoms with E-state index in [1.54, 1.807) is 12.1 Å². The van der Waals surface area contributed by atoms with Crippen LogP contribution in [-0.4, -0.2) is 11.8 Å². The number of nitriles is 2. The molecule has 70 valence electrons. The van der Waals surface area contributed by atoms with Gasteiger partial charge in [0.2, 0.25) is 0 Å². The molecule has 4 nitrogen and oxygen atoms in total. The van der Waals surface area contributed by atoms with Crippen molar-refractivity contribution in [3.05, 3.63) is 0 Å². The van der Waals surface area contributed by atoms with Crippen LogP contribution in [0.4, 0.5) is 0 Å². The molecule has 0 fully saturated rings. The maximum atomic E-state index is 8.36. The van der Waals surface area contributed by atoms with Crippen LogP contribution in [0.1, 0.15) is 27.7 Å². The van der Waals surface area contributed by atoms with Crippen molar-refractivity contribution in [3.63, 3.8) is 0 Å². The van der Waals surface area contributed by atoms with Gasteiger partial charge in [-0.25, -0.2) is 0 Å². The lowest BCUT2D eigenvalue weighted by molar-refractivity contribution is -0.00105. The summed E-state index contributed by atoms with van der Waals surface area (Å²) in [4.78, 5) is 4.99. The summed E-state index contributed by atoms with van der Waals surface area (Å²) in [5.41, 5.74) is -0.310. The molecule has 1 unspecified atom stereocenters. The van der Waals surface area contributed by atoms with Gasteiger partial charge in [-0.1, -0.05) is 25.9 Å². The Morgan fingerprint density at radius 1 is 1.31 bits per heavy atom. The van der Waals surface area contributed by atoms with Gasteiger partial charge in [-0.05, 0) is 6.92 Å². The molecule has 1 atom stereocenters. The van der Waals surface area contributed by atoms with Crippen molar-refractivity contribution in [1.82, 2.24) is 0 Å². The molecule has 0 spiro atoms. The predicted octanol–water partition coefficient (Wildman–Crippen LogP) is 1.84. The quantitative estimate of drug-likeness (QED) is 0.479. The van der Waals surface area contributed by atoms with Gasteiger partial charge in [0.1, 0.15) is 18.2 Å². The summed E-state index contributed by atoms with van der Waals surface area (Å²) in [6.45, 7) is 7.82. The van der Waals surface area contributed by atoms with Gasteiger partial charge in [-0.15, -0.1) is 0 Å². The molecule has 0 saturated heterocycles. The van der Waals surface area contributed by atoms with E-state index in [9.17, 15) is 0 Å². The summed E-state index contributed by atoms with van der Waals surface area (Å²) in [5, 5.41) is 20.1. The first kappa shape index (κ1) is 11.4. The first-order valence-electron chi connectivity index (χ1n) is 3.96. The van der Waals surface area contributed by atoms with E-state index in [-0.39, 0.29) is 17.2 Å². The average molecular weight is 179 g/mol. The summed E-state index contributed by atoms with van der Waals surface area (Å²) in [7, 11) is 0. The van der Waals surface area contributed by atoms with E-state index >= 15 is 0 Å². The maximum absolute atomic E-state index is 8.36. The lowest BCUT2D eigenvalue weighted by Gasteiger charge is -2.24. The van der Waals surface area contributed by atoms with Gasteiger partial charge in [0.15, 0.2) is 0 Å². The van der Waals surface area contributed by atoms with Crippen LogP contribution >= 0.6 is 0 Å². The van der Waals surface area contributed by atoms with E-state index in [4.69, 9.17) is 15.4 Å². The molecule has 0 aliphatic rings. The summed E-state index contributed by atoms with van der Waals surface area (Å²) in [6, 6.07) is 3.24. The molecule has 0 amide bonds. The lowest BCUT2D eigenvalue weighted by atomic mass is 9.90. The van der Waals surface area contributed by atoms with Crippen molar-refractivity contribution in [2.45, 2.75) is 33.8 Å². The number of oxime groups is 1. The maximum Gasteiger partial charge on any atom is 0.256 e. The van der Waals surface area contributed by atoms with Gasteiger partial charge in [0.05, 0.1) is 0 Å². The average Bonchev–Trinajstić information content (AvgIpc) is 2.04. The molecule has 0 N–H and O–H groups in total. The fraction of sp³-hybridized carbons (Fsp3) is 0.667. The van der Waals surface area contributed by atoms with E-state index < -0.39 is 0 Å². The highest BCUT2D eigenvalue weighted by Gasteiger charge is 2.21. The highest BCUT2D eigenvalue weighted by molar-refractivity contribution is 6.09. The Labute approximate surface area is 78.4 Å².